The molecular formula is C16H14BrCl2NO. The highest BCUT2D eigenvalue weighted by Crippen LogP contribution is 2.43. The summed E-state index contributed by atoms with van der Waals surface area (Å²) in [7, 11) is 1.96. The maximum Gasteiger partial charge on any atom is 0.127 e. The molecule has 1 aliphatic heterocycles. The van der Waals surface area contributed by atoms with Crippen molar-refractivity contribution in [3.05, 3.63) is 62.0 Å². The van der Waals surface area contributed by atoms with Crippen molar-refractivity contribution in [1.29, 1.82) is 0 Å². The summed E-state index contributed by atoms with van der Waals surface area (Å²) in [6, 6.07) is 11.7. The third-order valence-corrected chi connectivity index (χ3v) is 4.79. The summed E-state index contributed by atoms with van der Waals surface area (Å²) in [4.78, 5) is 0. The van der Waals surface area contributed by atoms with Crippen molar-refractivity contribution in [3.63, 3.8) is 0 Å². The van der Waals surface area contributed by atoms with Crippen LogP contribution >= 0.6 is 39.1 Å². The summed E-state index contributed by atoms with van der Waals surface area (Å²) in [6.45, 7) is 0. The average Bonchev–Trinajstić information content (AvgIpc) is 2.48. The van der Waals surface area contributed by atoms with Gasteiger partial charge in [-0.1, -0.05) is 39.1 Å². The third kappa shape index (κ3) is 3.07. The molecule has 110 valence electrons. The third-order valence-electron chi connectivity index (χ3n) is 3.72. The van der Waals surface area contributed by atoms with Gasteiger partial charge in [-0.2, -0.15) is 0 Å². The number of hydrogen-bond acceptors (Lipinski definition) is 2. The average molecular weight is 387 g/mol. The van der Waals surface area contributed by atoms with E-state index in [1.165, 1.54) is 0 Å². The zero-order chi connectivity index (χ0) is 15.0. The van der Waals surface area contributed by atoms with E-state index in [4.69, 9.17) is 27.9 Å². The molecule has 0 bridgehead atoms. The predicted molar refractivity (Wildman–Crippen MR) is 90.4 cm³/mol. The Kier molecular flexibility index (Phi) is 4.46. The first-order valence-corrected chi connectivity index (χ1v) is 8.21. The highest BCUT2D eigenvalue weighted by atomic mass is 79.9. The first kappa shape index (κ1) is 15.2. The summed E-state index contributed by atoms with van der Waals surface area (Å²) in [5.41, 5.74) is 2.08. The molecule has 1 N–H and O–H groups in total. The summed E-state index contributed by atoms with van der Waals surface area (Å²) < 4.78 is 7.18. The molecule has 2 nitrogen and oxygen atoms in total. The van der Waals surface area contributed by atoms with Gasteiger partial charge in [0.2, 0.25) is 0 Å². The first-order chi connectivity index (χ1) is 10.1. The molecule has 2 aromatic rings. The Labute approximate surface area is 142 Å². The van der Waals surface area contributed by atoms with E-state index in [9.17, 15) is 0 Å². The minimum atomic E-state index is -0.109. The molecule has 2 unspecified atom stereocenters. The maximum absolute atomic E-state index is 6.31. The topological polar surface area (TPSA) is 21.3 Å². The van der Waals surface area contributed by atoms with Crippen LogP contribution in [0, 0.1) is 0 Å². The molecule has 5 heteroatoms. The largest absolute Gasteiger partial charge is 0.485 e. The maximum atomic E-state index is 6.31. The van der Waals surface area contributed by atoms with Crippen LogP contribution in [0.3, 0.4) is 0 Å². The van der Waals surface area contributed by atoms with E-state index < -0.39 is 0 Å². The van der Waals surface area contributed by atoms with Gasteiger partial charge in [0.05, 0.1) is 0 Å². The van der Waals surface area contributed by atoms with Gasteiger partial charge in [-0.05, 0) is 43.4 Å². The van der Waals surface area contributed by atoms with E-state index >= 15 is 0 Å². The second-order valence-electron chi connectivity index (χ2n) is 5.03. The van der Waals surface area contributed by atoms with Crippen molar-refractivity contribution in [2.24, 2.45) is 0 Å². The number of rotatable bonds is 2. The van der Waals surface area contributed by atoms with E-state index in [2.05, 4.69) is 27.3 Å². The standard InChI is InChI=1S/C16H14BrCl2NO/c1-20-14-8-16(11-7-10(18)3-4-13(11)19)21-15-5-2-9(17)6-12(14)15/h2-7,14,16,20H,8H2,1H3. The number of halogens is 3. The van der Waals surface area contributed by atoms with Crippen molar-refractivity contribution in [1.82, 2.24) is 5.32 Å². The van der Waals surface area contributed by atoms with Gasteiger partial charge in [-0.3, -0.25) is 0 Å². The van der Waals surface area contributed by atoms with Crippen molar-refractivity contribution >= 4 is 39.1 Å². The number of hydrogen-bond donors (Lipinski definition) is 1. The first-order valence-electron chi connectivity index (χ1n) is 6.67. The molecule has 1 aliphatic rings. The lowest BCUT2D eigenvalue weighted by molar-refractivity contribution is 0.154. The smallest absolute Gasteiger partial charge is 0.127 e. The minimum absolute atomic E-state index is 0.109. The summed E-state index contributed by atoms with van der Waals surface area (Å²) >= 11 is 15.9. The molecule has 21 heavy (non-hydrogen) atoms. The van der Waals surface area contributed by atoms with Gasteiger partial charge >= 0.3 is 0 Å². The van der Waals surface area contributed by atoms with E-state index in [1.54, 1.807) is 6.07 Å². The highest BCUT2D eigenvalue weighted by Gasteiger charge is 2.29. The van der Waals surface area contributed by atoms with Crippen LogP contribution in [0.15, 0.2) is 40.9 Å². The molecule has 2 atom stereocenters. The molecule has 0 saturated heterocycles. The Hall–Kier alpha value is -0.740. The fraction of sp³-hybridized carbons (Fsp3) is 0.250. The second-order valence-corrected chi connectivity index (χ2v) is 6.79. The summed E-state index contributed by atoms with van der Waals surface area (Å²) in [5.74, 6) is 0.879. The Morgan fingerprint density at radius 1 is 1.14 bits per heavy atom. The Morgan fingerprint density at radius 2 is 1.95 bits per heavy atom. The normalized spacial score (nSPS) is 20.8. The summed E-state index contributed by atoms with van der Waals surface area (Å²) in [6.07, 6.45) is 0.697. The Bertz CT molecular complexity index is 677. The molecule has 0 amide bonds. The second kappa shape index (κ2) is 6.17. The van der Waals surface area contributed by atoms with Crippen LogP contribution < -0.4 is 10.1 Å². The van der Waals surface area contributed by atoms with E-state index in [0.717, 1.165) is 27.8 Å². The van der Waals surface area contributed by atoms with Gasteiger partial charge in [0, 0.05) is 38.1 Å². The zero-order valence-corrected chi connectivity index (χ0v) is 14.5. The van der Waals surface area contributed by atoms with Crippen molar-refractivity contribution < 1.29 is 4.74 Å². The molecule has 0 saturated carbocycles. The molecule has 0 aliphatic carbocycles. The molecule has 0 aromatic heterocycles. The number of nitrogens with one attached hydrogen (secondary N) is 1. The Balaban J connectivity index is 2.00. The lowest BCUT2D eigenvalue weighted by Crippen LogP contribution is -2.26. The number of ether oxygens (including phenoxy) is 1. The minimum Gasteiger partial charge on any atom is -0.485 e. The van der Waals surface area contributed by atoms with Crippen LogP contribution in [0.5, 0.6) is 5.75 Å². The highest BCUT2D eigenvalue weighted by molar-refractivity contribution is 9.10. The fourth-order valence-corrected chi connectivity index (χ4v) is 3.47. The van der Waals surface area contributed by atoms with Gasteiger partial charge < -0.3 is 10.1 Å². The van der Waals surface area contributed by atoms with E-state index in [0.29, 0.717) is 10.0 Å². The van der Waals surface area contributed by atoms with E-state index in [1.807, 2.05) is 31.3 Å². The lowest BCUT2D eigenvalue weighted by atomic mass is 9.93. The predicted octanol–water partition coefficient (Wildman–Crippen LogP) is 5.54. The quantitative estimate of drug-likeness (QED) is 0.731. The van der Waals surface area contributed by atoms with Crippen LogP contribution in [0.1, 0.15) is 29.7 Å². The monoisotopic (exact) mass is 385 g/mol. The van der Waals surface area contributed by atoms with Crippen LogP contribution in [-0.4, -0.2) is 7.05 Å². The molecule has 2 aromatic carbocycles. The van der Waals surface area contributed by atoms with Gasteiger partial charge in [-0.15, -0.1) is 0 Å². The SMILES string of the molecule is CNC1CC(c2cc(Cl)ccc2Cl)Oc2ccc(Br)cc21. The van der Waals surface area contributed by atoms with Crippen LogP contribution in [0.2, 0.25) is 10.0 Å². The molecule has 0 fully saturated rings. The number of fused-ring (bicyclic) bond motifs is 1. The van der Waals surface area contributed by atoms with Gasteiger partial charge in [0.25, 0.3) is 0 Å². The van der Waals surface area contributed by atoms with Gasteiger partial charge in [0.1, 0.15) is 11.9 Å². The molecule has 3 rings (SSSR count). The van der Waals surface area contributed by atoms with Gasteiger partial charge in [0.15, 0.2) is 0 Å². The van der Waals surface area contributed by atoms with Crippen molar-refractivity contribution in [2.45, 2.75) is 18.6 Å². The van der Waals surface area contributed by atoms with Crippen LogP contribution in [-0.2, 0) is 0 Å². The molecule has 1 heterocycles. The lowest BCUT2D eigenvalue weighted by Gasteiger charge is -2.33. The van der Waals surface area contributed by atoms with Gasteiger partial charge in [-0.25, -0.2) is 0 Å². The molecule has 0 radical (unpaired) electrons. The molecule has 0 spiro atoms. The van der Waals surface area contributed by atoms with Crippen molar-refractivity contribution in [3.8, 4) is 5.75 Å². The van der Waals surface area contributed by atoms with Crippen LogP contribution in [0.25, 0.3) is 0 Å². The fourth-order valence-electron chi connectivity index (χ4n) is 2.67. The molecular weight excluding hydrogens is 373 g/mol. The summed E-state index contributed by atoms with van der Waals surface area (Å²) in [5, 5.41) is 4.69. The van der Waals surface area contributed by atoms with Crippen LogP contribution in [0.4, 0.5) is 0 Å². The van der Waals surface area contributed by atoms with E-state index in [-0.39, 0.29) is 12.1 Å². The Morgan fingerprint density at radius 3 is 2.71 bits per heavy atom. The number of benzene rings is 2. The van der Waals surface area contributed by atoms with Crippen molar-refractivity contribution in [2.75, 3.05) is 7.05 Å². The zero-order valence-electron chi connectivity index (χ0n) is 11.4.